The molecule has 2 aliphatic heterocycles. The number of hydrogen-bond acceptors (Lipinski definition) is 7. The highest BCUT2D eigenvalue weighted by Crippen LogP contribution is 2.24. The minimum atomic E-state index is -5.08. The van der Waals surface area contributed by atoms with Gasteiger partial charge in [0, 0.05) is 18.7 Å². The topological polar surface area (TPSA) is 167 Å². The van der Waals surface area contributed by atoms with Crippen molar-refractivity contribution in [3.63, 3.8) is 0 Å². The maximum absolute atomic E-state index is 12.6. The van der Waals surface area contributed by atoms with Gasteiger partial charge in [-0.2, -0.15) is 23.2 Å². The molecule has 0 radical (unpaired) electrons. The molecule has 1 aromatic heterocycles. The molecule has 2 saturated heterocycles. The van der Waals surface area contributed by atoms with Crippen molar-refractivity contribution in [3.05, 3.63) is 28.2 Å². The number of aliphatic carboxylic acids is 1. The first-order valence-corrected chi connectivity index (χ1v) is 10.3. The van der Waals surface area contributed by atoms with Crippen LogP contribution in [0.5, 0.6) is 5.75 Å². The normalized spacial score (nSPS) is 21.9. The van der Waals surface area contributed by atoms with Gasteiger partial charge in [-0.15, -0.1) is 0 Å². The lowest BCUT2D eigenvalue weighted by molar-refractivity contribution is -0.603. The maximum Gasteiger partial charge on any atom is 0.490 e. The third-order valence-corrected chi connectivity index (χ3v) is 5.45. The third kappa shape index (κ3) is 6.84. The molecule has 1 aromatic rings. The number of rotatable bonds is 5. The second-order valence-electron chi connectivity index (χ2n) is 7.44. The van der Waals surface area contributed by atoms with E-state index in [1.54, 1.807) is 4.90 Å². The summed E-state index contributed by atoms with van der Waals surface area (Å²) in [5.41, 5.74) is -0.228. The summed E-state index contributed by atoms with van der Waals surface area (Å²) >= 11 is 5.87. The third-order valence-electron chi connectivity index (χ3n) is 5.09. The molecule has 0 aromatic carbocycles. The van der Waals surface area contributed by atoms with Gasteiger partial charge in [0.15, 0.2) is 6.20 Å². The Morgan fingerprint density at radius 2 is 1.97 bits per heavy atom. The Morgan fingerprint density at radius 1 is 1.32 bits per heavy atom. The number of aromatic carboxylic acids is 1. The van der Waals surface area contributed by atoms with Crippen molar-refractivity contribution in [2.75, 3.05) is 13.2 Å². The van der Waals surface area contributed by atoms with Crippen LogP contribution in [0.25, 0.3) is 0 Å². The minimum absolute atomic E-state index is 0.0211. The summed E-state index contributed by atoms with van der Waals surface area (Å²) in [5.74, 6) is -4.12. The summed E-state index contributed by atoms with van der Waals surface area (Å²) < 4.78 is 37.5. The minimum Gasteiger partial charge on any atom is -0.618 e. The number of ether oxygens (including phenoxy) is 1. The van der Waals surface area contributed by atoms with Crippen molar-refractivity contribution in [3.8, 4) is 11.8 Å². The molecule has 2 aliphatic rings. The van der Waals surface area contributed by atoms with E-state index in [-0.39, 0.29) is 51.8 Å². The Labute approximate surface area is 195 Å². The van der Waals surface area contributed by atoms with E-state index in [0.29, 0.717) is 25.8 Å². The number of carboxylic acids is 2. The summed E-state index contributed by atoms with van der Waals surface area (Å²) in [7, 11) is 0. The van der Waals surface area contributed by atoms with Crippen molar-refractivity contribution in [1.82, 2.24) is 10.2 Å². The second-order valence-corrected chi connectivity index (χ2v) is 7.80. The number of halogens is 4. The average Bonchev–Trinajstić information content (AvgIpc) is 3.43. The molecule has 2 fully saturated rings. The van der Waals surface area contributed by atoms with Crippen LogP contribution in [-0.4, -0.2) is 70.4 Å². The zero-order chi connectivity index (χ0) is 25.6. The number of amides is 1. The number of pyridine rings is 1. The van der Waals surface area contributed by atoms with Gasteiger partial charge < -0.3 is 25.1 Å². The first kappa shape index (κ1) is 26.9. The van der Waals surface area contributed by atoms with Crippen molar-refractivity contribution >= 4 is 29.4 Å². The standard InChI is InChI=1S/C17H19ClN4O5.C2HF3O2/c18-15-14(6-10(17(24)25)8-22(15)26)27-9-11-3-4-13(20-11)16(23)21-5-1-2-12(21)7-19;3-2(4,5)1(6)7/h6,8,11-13,20H,1-5,9H2,(H,24,25);(H,6,7)/t11-,12+,13+;/m1./s1. The zero-order valence-electron chi connectivity index (χ0n) is 17.4. The van der Waals surface area contributed by atoms with Crippen molar-refractivity contribution in [2.24, 2.45) is 0 Å². The molecule has 3 heterocycles. The molecule has 11 nitrogen and oxygen atoms in total. The van der Waals surface area contributed by atoms with Crippen LogP contribution in [0.4, 0.5) is 13.2 Å². The SMILES string of the molecule is N#C[C@@H]1CCCN1C(=O)[C@@H]1CC[C@H](COc2cc(C(=O)O)c[n+]([O-])c2Cl)N1.O=C(O)C(F)(F)F. The van der Waals surface area contributed by atoms with Gasteiger partial charge >= 0.3 is 23.3 Å². The number of carbonyl (C=O) groups is 3. The lowest BCUT2D eigenvalue weighted by Gasteiger charge is -2.23. The number of likely N-dealkylation sites (tertiary alicyclic amines) is 1. The molecule has 3 rings (SSSR count). The number of hydrogen-bond donors (Lipinski definition) is 3. The Hall–Kier alpha value is -3.31. The van der Waals surface area contributed by atoms with Gasteiger partial charge in [-0.25, -0.2) is 9.59 Å². The number of nitrogens with zero attached hydrogens (tertiary/aromatic N) is 3. The van der Waals surface area contributed by atoms with Crippen LogP contribution in [-0.2, 0) is 9.59 Å². The van der Waals surface area contributed by atoms with Crippen molar-refractivity contribution in [2.45, 2.75) is 50.0 Å². The van der Waals surface area contributed by atoms with E-state index in [9.17, 15) is 28.0 Å². The first-order valence-electron chi connectivity index (χ1n) is 9.90. The number of alkyl halides is 3. The monoisotopic (exact) mass is 508 g/mol. The van der Waals surface area contributed by atoms with E-state index in [4.69, 9.17) is 36.6 Å². The van der Waals surface area contributed by atoms with Crippen molar-refractivity contribution < 1.29 is 47.2 Å². The number of carbonyl (C=O) groups excluding carboxylic acids is 1. The Morgan fingerprint density at radius 3 is 2.53 bits per heavy atom. The molecule has 0 saturated carbocycles. The van der Waals surface area contributed by atoms with Gasteiger partial charge in [0.25, 0.3) is 0 Å². The Bertz CT molecular complexity index is 986. The molecule has 3 atom stereocenters. The molecule has 0 bridgehead atoms. The van der Waals surface area contributed by atoms with E-state index in [1.807, 2.05) is 0 Å². The largest absolute Gasteiger partial charge is 0.618 e. The summed E-state index contributed by atoms with van der Waals surface area (Å²) in [6.07, 6.45) is -1.39. The highest BCUT2D eigenvalue weighted by atomic mass is 35.5. The molecule has 15 heteroatoms. The quantitative estimate of drug-likeness (QED) is 0.302. The van der Waals surface area contributed by atoms with Crippen molar-refractivity contribution in [1.29, 1.82) is 5.26 Å². The summed E-state index contributed by atoms with van der Waals surface area (Å²) in [6.45, 7) is 0.728. The fourth-order valence-corrected chi connectivity index (χ4v) is 3.61. The molecule has 0 spiro atoms. The van der Waals surface area contributed by atoms with Gasteiger partial charge in [-0.3, -0.25) is 10.1 Å². The summed E-state index contributed by atoms with van der Waals surface area (Å²) in [5, 5.41) is 39.9. The van der Waals surface area contributed by atoms with Gasteiger partial charge in [-0.05, 0) is 37.3 Å². The number of carboxylic acid groups (broad SMARTS) is 2. The van der Waals surface area contributed by atoms with E-state index in [1.165, 1.54) is 6.07 Å². The van der Waals surface area contributed by atoms with Crippen LogP contribution in [0.3, 0.4) is 0 Å². The van der Waals surface area contributed by atoms with Gasteiger partial charge in [0.2, 0.25) is 11.7 Å². The Kier molecular flexibility index (Phi) is 8.88. The number of nitriles is 1. The maximum atomic E-state index is 12.6. The summed E-state index contributed by atoms with van der Waals surface area (Å²) in [6, 6.07) is 2.47. The lowest BCUT2D eigenvalue weighted by atomic mass is 10.1. The number of aromatic nitrogens is 1. The molecule has 186 valence electrons. The molecule has 0 aliphatic carbocycles. The van der Waals surface area contributed by atoms with E-state index >= 15 is 0 Å². The predicted octanol–water partition coefficient (Wildman–Crippen LogP) is 1.32. The van der Waals surface area contributed by atoms with E-state index < -0.39 is 18.1 Å². The van der Waals surface area contributed by atoms with Gasteiger partial charge in [0.1, 0.15) is 18.2 Å². The molecule has 1 amide bonds. The van der Waals surface area contributed by atoms with Crippen LogP contribution in [0.2, 0.25) is 5.15 Å². The van der Waals surface area contributed by atoms with E-state index in [0.717, 1.165) is 12.6 Å². The Balaban J connectivity index is 0.000000509. The van der Waals surface area contributed by atoms with Crippen LogP contribution < -0.4 is 14.8 Å². The van der Waals surface area contributed by atoms with E-state index in [2.05, 4.69) is 11.4 Å². The van der Waals surface area contributed by atoms with Crippen LogP contribution >= 0.6 is 11.6 Å². The fourth-order valence-electron chi connectivity index (χ4n) is 3.45. The molecular weight excluding hydrogens is 489 g/mol. The fraction of sp³-hybridized carbons (Fsp3) is 0.526. The van der Waals surface area contributed by atoms with Crippen LogP contribution in [0, 0.1) is 16.5 Å². The van der Waals surface area contributed by atoms with Gasteiger partial charge in [-0.1, -0.05) is 0 Å². The predicted molar refractivity (Wildman–Crippen MR) is 107 cm³/mol. The van der Waals surface area contributed by atoms with Gasteiger partial charge in [0.05, 0.1) is 12.1 Å². The first-order chi connectivity index (χ1) is 15.8. The lowest BCUT2D eigenvalue weighted by Crippen LogP contribution is -2.47. The van der Waals surface area contributed by atoms with Crippen LogP contribution in [0.15, 0.2) is 12.3 Å². The molecule has 0 unspecified atom stereocenters. The average molecular weight is 509 g/mol. The number of nitrogens with one attached hydrogen (secondary N) is 1. The molecular formula is C19H20ClF3N4O7. The smallest absolute Gasteiger partial charge is 0.490 e. The highest BCUT2D eigenvalue weighted by molar-refractivity contribution is 6.29. The summed E-state index contributed by atoms with van der Waals surface area (Å²) in [4.78, 5) is 34.2. The molecule has 3 N–H and O–H groups in total. The second kappa shape index (κ2) is 11.2. The highest BCUT2D eigenvalue weighted by Gasteiger charge is 2.38. The molecule has 34 heavy (non-hydrogen) atoms. The zero-order valence-corrected chi connectivity index (χ0v) is 18.2. The van der Waals surface area contributed by atoms with Crippen LogP contribution in [0.1, 0.15) is 36.0 Å².